The van der Waals surface area contributed by atoms with Crippen molar-refractivity contribution in [1.29, 1.82) is 0 Å². The molecule has 23 heavy (non-hydrogen) atoms. The molecule has 2 aliphatic rings. The van der Waals surface area contributed by atoms with E-state index >= 15 is 0 Å². The Morgan fingerprint density at radius 1 is 1.26 bits per heavy atom. The maximum atomic E-state index is 12.8. The molecular weight excluding hydrogens is 296 g/mol. The molecule has 2 saturated heterocycles. The van der Waals surface area contributed by atoms with Crippen molar-refractivity contribution in [3.05, 3.63) is 42.4 Å². The zero-order valence-corrected chi connectivity index (χ0v) is 12.4. The molecule has 1 aromatic heterocycles. The van der Waals surface area contributed by atoms with Gasteiger partial charge in [0.1, 0.15) is 18.0 Å². The van der Waals surface area contributed by atoms with Crippen LogP contribution in [0.15, 0.2) is 36.7 Å². The van der Waals surface area contributed by atoms with Gasteiger partial charge < -0.3 is 14.6 Å². The first-order chi connectivity index (χ1) is 11.2. The van der Waals surface area contributed by atoms with Crippen molar-refractivity contribution in [3.63, 3.8) is 0 Å². The van der Waals surface area contributed by atoms with Gasteiger partial charge in [0.05, 0.1) is 12.4 Å². The normalized spacial score (nSPS) is 20.3. The second kappa shape index (κ2) is 5.42. The number of aromatic nitrogens is 2. The lowest BCUT2D eigenvalue weighted by Crippen LogP contribution is -2.53. The molecule has 0 spiro atoms. The van der Waals surface area contributed by atoms with E-state index in [2.05, 4.69) is 9.97 Å². The predicted octanol–water partition coefficient (Wildman–Crippen LogP) is 1.35. The number of hydrogen-bond donors (Lipinski definition) is 1. The fraction of sp³-hybridized carbons (Fsp3) is 0.312. The minimum atomic E-state index is -0.284. The number of nitrogens with one attached hydrogen (secondary N) is 1. The Hall–Kier alpha value is -2.83. The Morgan fingerprint density at radius 2 is 2.09 bits per heavy atom. The molecule has 1 aromatic carbocycles. The van der Waals surface area contributed by atoms with Crippen LogP contribution in [0, 0.1) is 0 Å². The zero-order chi connectivity index (χ0) is 15.8. The topological polar surface area (TPSA) is 78.5 Å². The lowest BCUT2D eigenvalue weighted by Gasteiger charge is -2.35. The summed E-state index contributed by atoms with van der Waals surface area (Å²) in [7, 11) is 0. The number of aromatic amines is 1. The molecule has 2 fully saturated rings. The van der Waals surface area contributed by atoms with Gasteiger partial charge in [-0.15, -0.1) is 0 Å². The van der Waals surface area contributed by atoms with E-state index in [1.807, 2.05) is 30.3 Å². The summed E-state index contributed by atoms with van der Waals surface area (Å²) in [5.41, 5.74) is 2.03. The van der Waals surface area contributed by atoms with Gasteiger partial charge in [0.25, 0.3) is 5.91 Å². The van der Waals surface area contributed by atoms with Gasteiger partial charge in [0, 0.05) is 25.2 Å². The maximum absolute atomic E-state index is 12.8. The lowest BCUT2D eigenvalue weighted by molar-refractivity contribution is 0.0612. The van der Waals surface area contributed by atoms with Gasteiger partial charge in [-0.25, -0.2) is 9.78 Å². The molecule has 2 aromatic rings. The molecule has 3 heterocycles. The summed E-state index contributed by atoms with van der Waals surface area (Å²) in [5, 5.41) is 0. The number of carbonyl (C=O) groups excluding carboxylic acids is 2. The number of benzene rings is 1. The van der Waals surface area contributed by atoms with Crippen molar-refractivity contribution in [2.24, 2.45) is 0 Å². The van der Waals surface area contributed by atoms with Gasteiger partial charge in [-0.1, -0.05) is 30.3 Å². The average Bonchev–Trinajstić information content (AvgIpc) is 3.22. The molecule has 1 atom stereocenters. The van der Waals surface area contributed by atoms with Crippen LogP contribution >= 0.6 is 0 Å². The van der Waals surface area contributed by atoms with E-state index in [1.54, 1.807) is 9.80 Å². The summed E-state index contributed by atoms with van der Waals surface area (Å²) < 4.78 is 5.04. The van der Waals surface area contributed by atoms with Crippen molar-refractivity contribution in [3.8, 4) is 11.3 Å². The quantitative estimate of drug-likeness (QED) is 0.908. The van der Waals surface area contributed by atoms with Crippen LogP contribution in [0.2, 0.25) is 0 Å². The van der Waals surface area contributed by atoms with E-state index in [1.165, 1.54) is 6.33 Å². The first kappa shape index (κ1) is 13.8. The molecule has 0 aliphatic carbocycles. The van der Waals surface area contributed by atoms with Crippen molar-refractivity contribution < 1.29 is 14.3 Å². The minimum absolute atomic E-state index is 0.0525. The number of rotatable bonds is 2. The Balaban J connectivity index is 1.57. The Labute approximate surface area is 132 Å². The number of carbonyl (C=O) groups is 2. The molecule has 0 bridgehead atoms. The fourth-order valence-electron chi connectivity index (χ4n) is 3.10. The van der Waals surface area contributed by atoms with Gasteiger partial charge in [-0.2, -0.15) is 0 Å². The number of cyclic esters (lactones) is 1. The van der Waals surface area contributed by atoms with Crippen LogP contribution in [0.25, 0.3) is 11.3 Å². The highest BCUT2D eigenvalue weighted by Crippen LogP contribution is 2.23. The van der Waals surface area contributed by atoms with Crippen molar-refractivity contribution >= 4 is 12.0 Å². The van der Waals surface area contributed by atoms with Crippen molar-refractivity contribution in [2.45, 2.75) is 6.04 Å². The smallest absolute Gasteiger partial charge is 0.410 e. The number of nitrogens with zero attached hydrogens (tertiary/aromatic N) is 3. The summed E-state index contributed by atoms with van der Waals surface area (Å²) in [5.74, 6) is -0.0969. The summed E-state index contributed by atoms with van der Waals surface area (Å²) in [6.45, 7) is 1.83. The number of imidazole rings is 1. The van der Waals surface area contributed by atoms with Crippen molar-refractivity contribution in [2.75, 3.05) is 26.2 Å². The van der Waals surface area contributed by atoms with Gasteiger partial charge in [-0.05, 0) is 0 Å². The summed E-state index contributed by atoms with van der Waals surface area (Å²) in [6.07, 6.45) is 1.25. The Morgan fingerprint density at radius 3 is 2.91 bits per heavy atom. The Kier molecular flexibility index (Phi) is 3.25. The van der Waals surface area contributed by atoms with Gasteiger partial charge in [0.2, 0.25) is 0 Å². The first-order valence-electron chi connectivity index (χ1n) is 7.55. The van der Waals surface area contributed by atoms with E-state index < -0.39 is 0 Å². The molecule has 0 unspecified atom stereocenters. The van der Waals surface area contributed by atoms with Gasteiger partial charge in [0.15, 0.2) is 0 Å². The highest BCUT2D eigenvalue weighted by molar-refractivity contribution is 5.98. The standard InChI is InChI=1S/C16H16N4O3/c21-15(19-6-7-20-12(8-19)9-23-16(20)22)14-13(17-10-18-14)11-4-2-1-3-5-11/h1-5,10,12H,6-9H2,(H,17,18)/t12-/m0/s1. The molecule has 2 amide bonds. The third-order valence-corrected chi connectivity index (χ3v) is 4.30. The van der Waals surface area contributed by atoms with Crippen LogP contribution in [0.1, 0.15) is 10.5 Å². The number of ether oxygens (including phenoxy) is 1. The van der Waals surface area contributed by atoms with Crippen LogP contribution in [-0.4, -0.2) is 64.1 Å². The zero-order valence-electron chi connectivity index (χ0n) is 12.4. The first-order valence-corrected chi connectivity index (χ1v) is 7.55. The molecule has 4 rings (SSSR count). The van der Waals surface area contributed by atoms with Crippen LogP contribution < -0.4 is 0 Å². The minimum Gasteiger partial charge on any atom is -0.447 e. The van der Waals surface area contributed by atoms with Crippen LogP contribution in [0.4, 0.5) is 4.79 Å². The van der Waals surface area contributed by atoms with E-state index in [-0.39, 0.29) is 18.0 Å². The van der Waals surface area contributed by atoms with E-state index in [9.17, 15) is 9.59 Å². The van der Waals surface area contributed by atoms with Crippen LogP contribution in [0.5, 0.6) is 0 Å². The molecule has 118 valence electrons. The predicted molar refractivity (Wildman–Crippen MR) is 81.8 cm³/mol. The number of fused-ring (bicyclic) bond motifs is 1. The van der Waals surface area contributed by atoms with E-state index in [4.69, 9.17) is 4.74 Å². The molecule has 7 nitrogen and oxygen atoms in total. The highest BCUT2D eigenvalue weighted by Gasteiger charge is 2.39. The van der Waals surface area contributed by atoms with E-state index in [0.717, 1.165) is 5.56 Å². The second-order valence-corrected chi connectivity index (χ2v) is 5.67. The number of piperazine rings is 1. The van der Waals surface area contributed by atoms with Crippen molar-refractivity contribution in [1.82, 2.24) is 19.8 Å². The third kappa shape index (κ3) is 2.34. The van der Waals surface area contributed by atoms with Gasteiger partial charge in [-0.3, -0.25) is 9.69 Å². The molecule has 0 saturated carbocycles. The monoisotopic (exact) mass is 312 g/mol. The average molecular weight is 312 g/mol. The van der Waals surface area contributed by atoms with Crippen LogP contribution in [0.3, 0.4) is 0 Å². The molecule has 1 N–H and O–H groups in total. The molecular formula is C16H16N4O3. The second-order valence-electron chi connectivity index (χ2n) is 5.67. The Bertz CT molecular complexity index is 743. The largest absolute Gasteiger partial charge is 0.447 e. The summed E-state index contributed by atoms with van der Waals surface area (Å²) >= 11 is 0. The van der Waals surface area contributed by atoms with E-state index in [0.29, 0.717) is 37.6 Å². The van der Waals surface area contributed by atoms with Gasteiger partial charge >= 0.3 is 6.09 Å². The number of H-pyrrole nitrogens is 1. The SMILES string of the molecule is O=C(c1[nH]cnc1-c1ccccc1)N1CCN2C(=O)OC[C@@H]2C1. The molecule has 7 heteroatoms. The number of hydrogen-bond acceptors (Lipinski definition) is 4. The lowest BCUT2D eigenvalue weighted by atomic mass is 10.1. The molecule has 2 aliphatic heterocycles. The van der Waals surface area contributed by atoms with Crippen LogP contribution in [-0.2, 0) is 4.74 Å². The highest BCUT2D eigenvalue weighted by atomic mass is 16.6. The summed E-state index contributed by atoms with van der Waals surface area (Å²) in [4.78, 5) is 35.1. The molecule has 0 radical (unpaired) electrons. The number of amides is 2. The maximum Gasteiger partial charge on any atom is 0.410 e. The fourth-order valence-corrected chi connectivity index (χ4v) is 3.10. The summed E-state index contributed by atoms with van der Waals surface area (Å²) in [6, 6.07) is 9.55. The third-order valence-electron chi connectivity index (χ3n) is 4.30.